The number of carbonyl (C=O) groups excluding carboxylic acids is 2. The SMILES string of the molecule is C[C@@H](CC(=O)Nc1ccc(CC(=O)N2CCSCC2)cc1)C1CC1. The van der Waals surface area contributed by atoms with Crippen LogP contribution in [-0.2, 0) is 16.0 Å². The summed E-state index contributed by atoms with van der Waals surface area (Å²) in [5.74, 6) is 3.59. The molecule has 0 unspecified atom stereocenters. The molecule has 1 aromatic carbocycles. The van der Waals surface area contributed by atoms with E-state index in [0.717, 1.165) is 41.8 Å². The van der Waals surface area contributed by atoms with Gasteiger partial charge in [-0.15, -0.1) is 0 Å². The zero-order chi connectivity index (χ0) is 16.9. The lowest BCUT2D eigenvalue weighted by Gasteiger charge is -2.26. The number of rotatable bonds is 6. The largest absolute Gasteiger partial charge is 0.341 e. The number of amides is 2. The minimum atomic E-state index is 0.0871. The molecule has 0 aromatic heterocycles. The summed E-state index contributed by atoms with van der Waals surface area (Å²) in [5, 5.41) is 2.96. The van der Waals surface area contributed by atoms with Crippen molar-refractivity contribution in [2.24, 2.45) is 11.8 Å². The van der Waals surface area contributed by atoms with Gasteiger partial charge in [-0.3, -0.25) is 9.59 Å². The normalized spacial score (nSPS) is 19.0. The second kappa shape index (κ2) is 8.06. The maximum Gasteiger partial charge on any atom is 0.227 e. The van der Waals surface area contributed by atoms with Crippen LogP contribution in [0.1, 0.15) is 31.7 Å². The molecular formula is C19H26N2O2S. The van der Waals surface area contributed by atoms with Gasteiger partial charge in [0.2, 0.25) is 11.8 Å². The van der Waals surface area contributed by atoms with E-state index in [1.54, 1.807) is 0 Å². The fourth-order valence-electron chi connectivity index (χ4n) is 3.14. The van der Waals surface area contributed by atoms with E-state index in [1.165, 1.54) is 12.8 Å². The summed E-state index contributed by atoms with van der Waals surface area (Å²) < 4.78 is 0. The number of nitrogens with zero attached hydrogens (tertiary/aromatic N) is 1. The Morgan fingerprint density at radius 2 is 1.88 bits per heavy atom. The third kappa shape index (κ3) is 5.00. The van der Waals surface area contributed by atoms with Crippen molar-refractivity contribution >= 4 is 29.3 Å². The lowest BCUT2D eigenvalue weighted by Crippen LogP contribution is -2.38. The van der Waals surface area contributed by atoms with Crippen molar-refractivity contribution in [1.82, 2.24) is 4.90 Å². The average Bonchev–Trinajstić information content (AvgIpc) is 3.42. The molecule has 5 heteroatoms. The van der Waals surface area contributed by atoms with Crippen LogP contribution in [0.4, 0.5) is 5.69 Å². The number of anilines is 1. The molecule has 1 saturated carbocycles. The van der Waals surface area contributed by atoms with Gasteiger partial charge >= 0.3 is 0 Å². The highest BCUT2D eigenvalue weighted by atomic mass is 32.2. The molecule has 4 nitrogen and oxygen atoms in total. The minimum Gasteiger partial charge on any atom is -0.341 e. The van der Waals surface area contributed by atoms with Gasteiger partial charge in [-0.05, 0) is 42.4 Å². The standard InChI is InChI=1S/C19H26N2O2S/c1-14(16-4-5-16)12-18(22)20-17-6-2-15(3-7-17)13-19(23)21-8-10-24-11-9-21/h2-3,6-7,14,16H,4-5,8-13H2,1H3,(H,20,22)/t14-/m0/s1. The Balaban J connectivity index is 1.47. The Bertz CT molecular complexity index is 578. The van der Waals surface area contributed by atoms with Crippen LogP contribution in [0, 0.1) is 11.8 Å². The van der Waals surface area contributed by atoms with Crippen LogP contribution in [0.25, 0.3) is 0 Å². The molecule has 1 atom stereocenters. The van der Waals surface area contributed by atoms with Gasteiger partial charge in [-0.25, -0.2) is 0 Å². The molecule has 1 aliphatic heterocycles. The quantitative estimate of drug-likeness (QED) is 0.861. The third-order valence-corrected chi connectivity index (χ3v) is 5.83. The highest BCUT2D eigenvalue weighted by Crippen LogP contribution is 2.38. The maximum atomic E-state index is 12.3. The predicted octanol–water partition coefficient (Wildman–Crippen LogP) is 3.18. The van der Waals surface area contributed by atoms with Gasteiger partial charge in [-0.2, -0.15) is 11.8 Å². The Labute approximate surface area is 148 Å². The molecule has 1 saturated heterocycles. The van der Waals surface area contributed by atoms with Crippen LogP contribution in [0.5, 0.6) is 0 Å². The fraction of sp³-hybridized carbons (Fsp3) is 0.579. The molecule has 1 aliphatic carbocycles. The number of hydrogen-bond acceptors (Lipinski definition) is 3. The summed E-state index contributed by atoms with van der Waals surface area (Å²) in [6, 6.07) is 7.68. The summed E-state index contributed by atoms with van der Waals surface area (Å²) in [5.41, 5.74) is 1.82. The van der Waals surface area contributed by atoms with E-state index in [4.69, 9.17) is 0 Å². The van der Waals surface area contributed by atoms with E-state index in [-0.39, 0.29) is 11.8 Å². The van der Waals surface area contributed by atoms with Crippen LogP contribution < -0.4 is 5.32 Å². The summed E-state index contributed by atoms with van der Waals surface area (Å²) in [6.07, 6.45) is 3.58. The van der Waals surface area contributed by atoms with Gasteiger partial charge in [0.05, 0.1) is 6.42 Å². The molecule has 1 N–H and O–H groups in total. The molecule has 2 aliphatic rings. The van der Waals surface area contributed by atoms with Gasteiger partial charge in [-0.1, -0.05) is 19.1 Å². The number of benzene rings is 1. The molecular weight excluding hydrogens is 320 g/mol. The minimum absolute atomic E-state index is 0.0871. The highest BCUT2D eigenvalue weighted by molar-refractivity contribution is 7.99. The van der Waals surface area contributed by atoms with Crippen LogP contribution >= 0.6 is 11.8 Å². The smallest absolute Gasteiger partial charge is 0.227 e. The Hall–Kier alpha value is -1.49. The number of carbonyl (C=O) groups is 2. The van der Waals surface area contributed by atoms with E-state index >= 15 is 0 Å². The van der Waals surface area contributed by atoms with Crippen molar-refractivity contribution in [3.63, 3.8) is 0 Å². The molecule has 2 fully saturated rings. The van der Waals surface area contributed by atoms with E-state index in [9.17, 15) is 9.59 Å². The molecule has 130 valence electrons. The molecule has 0 bridgehead atoms. The van der Waals surface area contributed by atoms with Gasteiger partial charge in [0, 0.05) is 36.7 Å². The average molecular weight is 346 g/mol. The zero-order valence-corrected chi connectivity index (χ0v) is 15.1. The van der Waals surface area contributed by atoms with Crippen molar-refractivity contribution in [2.45, 2.75) is 32.6 Å². The first-order chi connectivity index (χ1) is 11.6. The molecule has 0 radical (unpaired) electrons. The Morgan fingerprint density at radius 3 is 2.50 bits per heavy atom. The van der Waals surface area contributed by atoms with E-state index in [1.807, 2.05) is 40.9 Å². The second-order valence-corrected chi connectivity index (χ2v) is 8.16. The molecule has 1 aromatic rings. The van der Waals surface area contributed by atoms with Crippen LogP contribution in [0.15, 0.2) is 24.3 Å². The molecule has 3 rings (SSSR count). The van der Waals surface area contributed by atoms with Crippen molar-refractivity contribution in [1.29, 1.82) is 0 Å². The van der Waals surface area contributed by atoms with E-state index in [2.05, 4.69) is 12.2 Å². The van der Waals surface area contributed by atoms with E-state index in [0.29, 0.717) is 18.8 Å². The van der Waals surface area contributed by atoms with Crippen LogP contribution in [0.2, 0.25) is 0 Å². The summed E-state index contributed by atoms with van der Waals surface area (Å²) >= 11 is 1.91. The maximum absolute atomic E-state index is 12.3. The van der Waals surface area contributed by atoms with Gasteiger partial charge in [0.25, 0.3) is 0 Å². The topological polar surface area (TPSA) is 49.4 Å². The van der Waals surface area contributed by atoms with E-state index < -0.39 is 0 Å². The van der Waals surface area contributed by atoms with Crippen molar-refractivity contribution < 1.29 is 9.59 Å². The summed E-state index contributed by atoms with van der Waals surface area (Å²) in [7, 11) is 0. The van der Waals surface area contributed by atoms with Crippen molar-refractivity contribution in [3.05, 3.63) is 29.8 Å². The fourth-order valence-corrected chi connectivity index (χ4v) is 4.04. The number of thioether (sulfide) groups is 1. The molecule has 1 heterocycles. The van der Waals surface area contributed by atoms with Gasteiger partial charge < -0.3 is 10.2 Å². The van der Waals surface area contributed by atoms with Crippen molar-refractivity contribution in [3.8, 4) is 0 Å². The lowest BCUT2D eigenvalue weighted by atomic mass is 10.0. The number of hydrogen-bond donors (Lipinski definition) is 1. The van der Waals surface area contributed by atoms with Crippen molar-refractivity contribution in [2.75, 3.05) is 29.9 Å². The predicted molar refractivity (Wildman–Crippen MR) is 99.2 cm³/mol. The lowest BCUT2D eigenvalue weighted by molar-refractivity contribution is -0.130. The molecule has 2 amide bonds. The molecule has 0 spiro atoms. The monoisotopic (exact) mass is 346 g/mol. The number of nitrogens with one attached hydrogen (secondary N) is 1. The van der Waals surface area contributed by atoms with Gasteiger partial charge in [0.1, 0.15) is 0 Å². The zero-order valence-electron chi connectivity index (χ0n) is 14.3. The first-order valence-electron chi connectivity index (χ1n) is 8.86. The first-order valence-corrected chi connectivity index (χ1v) is 10.0. The van der Waals surface area contributed by atoms with Crippen LogP contribution in [0.3, 0.4) is 0 Å². The molecule has 24 heavy (non-hydrogen) atoms. The van der Waals surface area contributed by atoms with Gasteiger partial charge in [0.15, 0.2) is 0 Å². The van der Waals surface area contributed by atoms with Crippen LogP contribution in [-0.4, -0.2) is 41.3 Å². The summed E-state index contributed by atoms with van der Waals surface area (Å²) in [4.78, 5) is 26.3. The summed E-state index contributed by atoms with van der Waals surface area (Å²) in [6.45, 7) is 3.87. The highest BCUT2D eigenvalue weighted by Gasteiger charge is 2.29. The first kappa shape index (κ1) is 17.3. The Kier molecular flexibility index (Phi) is 5.82. The third-order valence-electron chi connectivity index (χ3n) is 4.89. The Morgan fingerprint density at radius 1 is 1.21 bits per heavy atom. The second-order valence-electron chi connectivity index (χ2n) is 6.93.